The lowest BCUT2D eigenvalue weighted by molar-refractivity contribution is -0.135. The van der Waals surface area contributed by atoms with E-state index in [1.807, 2.05) is 43.3 Å². The van der Waals surface area contributed by atoms with Crippen molar-refractivity contribution in [3.8, 4) is 11.5 Å². The van der Waals surface area contributed by atoms with Gasteiger partial charge in [-0.1, -0.05) is 41.6 Å². The average molecular weight is 371 g/mol. The van der Waals surface area contributed by atoms with Crippen LogP contribution in [0.25, 0.3) is 5.70 Å². The van der Waals surface area contributed by atoms with E-state index in [1.165, 1.54) is 18.9 Å². The zero-order valence-electron chi connectivity index (χ0n) is 15.2. The molecule has 0 aliphatic carbocycles. The minimum atomic E-state index is -0.374. The molecule has 0 atom stereocenters. The molecule has 136 valence electrons. The van der Waals surface area contributed by atoms with E-state index in [9.17, 15) is 4.79 Å². The number of benzene rings is 2. The molecule has 1 aliphatic rings. The summed E-state index contributed by atoms with van der Waals surface area (Å²) in [5.41, 5.74) is 3.88. The highest BCUT2D eigenvalue weighted by Gasteiger charge is 2.25. The maximum absolute atomic E-state index is 12.5. The first-order chi connectivity index (χ1) is 12.6. The van der Waals surface area contributed by atoms with Crippen molar-refractivity contribution in [2.45, 2.75) is 18.4 Å². The van der Waals surface area contributed by atoms with Gasteiger partial charge in [0.1, 0.15) is 4.91 Å². The quantitative estimate of drug-likeness (QED) is 0.826. The second-order valence-corrected chi connectivity index (χ2v) is 6.88. The van der Waals surface area contributed by atoms with Crippen molar-refractivity contribution in [1.29, 1.82) is 0 Å². The van der Waals surface area contributed by atoms with Crippen molar-refractivity contribution in [2.24, 2.45) is 0 Å². The van der Waals surface area contributed by atoms with Crippen LogP contribution in [0.2, 0.25) is 0 Å². The van der Waals surface area contributed by atoms with E-state index in [0.29, 0.717) is 22.9 Å². The number of carbonyl (C=O) groups is 1. The molecular formula is C20H21NO4S. The van der Waals surface area contributed by atoms with Crippen molar-refractivity contribution >= 4 is 23.4 Å². The molecule has 6 heteroatoms. The largest absolute Gasteiger partial charge is 0.493 e. The van der Waals surface area contributed by atoms with Crippen molar-refractivity contribution in [3.05, 3.63) is 58.0 Å². The Labute approximate surface area is 157 Å². The number of thioether (sulfide) groups is 1. The molecule has 0 fully saturated rings. The number of fused-ring (bicyclic) bond motifs is 1. The first kappa shape index (κ1) is 18.2. The van der Waals surface area contributed by atoms with Crippen LogP contribution in [0.1, 0.15) is 16.7 Å². The Morgan fingerprint density at radius 2 is 1.69 bits per heavy atom. The summed E-state index contributed by atoms with van der Waals surface area (Å²) in [6.07, 6.45) is 0. The van der Waals surface area contributed by atoms with E-state index in [0.717, 1.165) is 27.3 Å². The number of ether oxygens (including phenoxy) is 3. The Balaban J connectivity index is 2.10. The fourth-order valence-corrected chi connectivity index (χ4v) is 3.86. The Bertz CT molecular complexity index is 859. The van der Waals surface area contributed by atoms with Crippen LogP contribution < -0.4 is 14.8 Å². The third-order valence-electron chi connectivity index (χ3n) is 4.17. The molecule has 1 heterocycles. The summed E-state index contributed by atoms with van der Waals surface area (Å²) in [5.74, 6) is 0.912. The second kappa shape index (κ2) is 7.74. The summed E-state index contributed by atoms with van der Waals surface area (Å²) in [7, 11) is 4.60. The van der Waals surface area contributed by atoms with Crippen molar-refractivity contribution in [3.63, 3.8) is 0 Å². The second-order valence-electron chi connectivity index (χ2n) is 5.83. The maximum Gasteiger partial charge on any atom is 0.346 e. The number of rotatable bonds is 4. The summed E-state index contributed by atoms with van der Waals surface area (Å²) in [6, 6.07) is 11.9. The van der Waals surface area contributed by atoms with Crippen LogP contribution >= 0.6 is 11.8 Å². The minimum absolute atomic E-state index is 0.374. The molecule has 2 aromatic rings. The van der Waals surface area contributed by atoms with Gasteiger partial charge in [-0.05, 0) is 30.2 Å². The fraction of sp³-hybridized carbons (Fsp3) is 0.250. The van der Waals surface area contributed by atoms with Gasteiger partial charge in [0.25, 0.3) is 0 Å². The third-order valence-corrected chi connectivity index (χ3v) is 5.35. The summed E-state index contributed by atoms with van der Waals surface area (Å²) in [5, 5.41) is 3.39. The third kappa shape index (κ3) is 3.51. The monoisotopic (exact) mass is 371 g/mol. The lowest BCUT2D eigenvalue weighted by Crippen LogP contribution is -2.15. The molecule has 0 aromatic heterocycles. The Hall–Kier alpha value is -2.60. The predicted molar refractivity (Wildman–Crippen MR) is 102 cm³/mol. The average Bonchev–Trinajstić information content (AvgIpc) is 2.86. The molecule has 5 nitrogen and oxygen atoms in total. The van der Waals surface area contributed by atoms with E-state index >= 15 is 0 Å². The van der Waals surface area contributed by atoms with Gasteiger partial charge in [0.05, 0.1) is 27.0 Å². The first-order valence-corrected chi connectivity index (χ1v) is 8.95. The van der Waals surface area contributed by atoms with Crippen LogP contribution in [-0.4, -0.2) is 27.3 Å². The van der Waals surface area contributed by atoms with E-state index in [4.69, 9.17) is 14.2 Å². The van der Waals surface area contributed by atoms with Gasteiger partial charge >= 0.3 is 5.97 Å². The summed E-state index contributed by atoms with van der Waals surface area (Å²) < 4.78 is 15.8. The molecule has 0 saturated carbocycles. The van der Waals surface area contributed by atoms with Crippen molar-refractivity contribution in [1.82, 2.24) is 5.32 Å². The lowest BCUT2D eigenvalue weighted by atomic mass is 10.1. The number of hydrogen-bond acceptors (Lipinski definition) is 6. The highest BCUT2D eigenvalue weighted by atomic mass is 32.2. The Morgan fingerprint density at radius 1 is 1.04 bits per heavy atom. The molecule has 1 aliphatic heterocycles. The van der Waals surface area contributed by atoms with Gasteiger partial charge in [0, 0.05) is 11.4 Å². The number of carbonyl (C=O) groups excluding carboxylic acids is 1. The van der Waals surface area contributed by atoms with Crippen molar-refractivity contribution < 1.29 is 19.0 Å². The van der Waals surface area contributed by atoms with E-state index < -0.39 is 0 Å². The smallest absolute Gasteiger partial charge is 0.346 e. The fourth-order valence-electron chi connectivity index (χ4n) is 2.75. The number of nitrogens with one attached hydrogen (secondary N) is 1. The lowest BCUT2D eigenvalue weighted by Gasteiger charge is -2.13. The molecule has 2 aromatic carbocycles. The zero-order chi connectivity index (χ0) is 18.7. The first-order valence-electron chi connectivity index (χ1n) is 8.13. The van der Waals surface area contributed by atoms with Gasteiger partial charge < -0.3 is 19.5 Å². The van der Waals surface area contributed by atoms with Gasteiger partial charge in [0.2, 0.25) is 0 Å². The van der Waals surface area contributed by atoms with Crippen LogP contribution in [0.15, 0.2) is 46.2 Å². The summed E-state index contributed by atoms with van der Waals surface area (Å²) >= 11 is 1.37. The molecule has 0 unspecified atom stereocenters. The Morgan fingerprint density at radius 3 is 2.31 bits per heavy atom. The molecule has 26 heavy (non-hydrogen) atoms. The van der Waals surface area contributed by atoms with Crippen LogP contribution in [0.5, 0.6) is 11.5 Å². The van der Waals surface area contributed by atoms with Crippen LogP contribution in [0.3, 0.4) is 0 Å². The molecule has 0 amide bonds. The number of esters is 1. The van der Waals surface area contributed by atoms with Crippen LogP contribution in [0.4, 0.5) is 0 Å². The highest BCUT2D eigenvalue weighted by molar-refractivity contribution is 8.04. The predicted octanol–water partition coefficient (Wildman–Crippen LogP) is 3.75. The van der Waals surface area contributed by atoms with E-state index in [2.05, 4.69) is 5.32 Å². The van der Waals surface area contributed by atoms with Crippen molar-refractivity contribution in [2.75, 3.05) is 21.3 Å². The SMILES string of the molecule is COC(=O)C1=C(c2ccc(C)cc2)NCc2cc(OC)c(OC)cc2S1. The van der Waals surface area contributed by atoms with Crippen LogP contribution in [0, 0.1) is 6.92 Å². The molecule has 0 bridgehead atoms. The molecular weight excluding hydrogens is 350 g/mol. The molecule has 0 radical (unpaired) electrons. The van der Waals surface area contributed by atoms with Gasteiger partial charge in [-0.25, -0.2) is 4.79 Å². The van der Waals surface area contributed by atoms with Gasteiger partial charge in [-0.3, -0.25) is 0 Å². The van der Waals surface area contributed by atoms with Gasteiger partial charge in [0.15, 0.2) is 11.5 Å². The van der Waals surface area contributed by atoms with Gasteiger partial charge in [-0.15, -0.1) is 0 Å². The number of hydrogen-bond donors (Lipinski definition) is 1. The van der Waals surface area contributed by atoms with Gasteiger partial charge in [-0.2, -0.15) is 0 Å². The van der Waals surface area contributed by atoms with Crippen LogP contribution in [-0.2, 0) is 16.1 Å². The minimum Gasteiger partial charge on any atom is -0.493 e. The number of methoxy groups -OCH3 is 3. The van der Waals surface area contributed by atoms with E-state index in [-0.39, 0.29) is 5.97 Å². The standard InChI is InChI=1S/C20H21NO4S/c1-12-5-7-13(8-6-12)18-19(20(22)25-4)26-17-10-16(24-3)15(23-2)9-14(17)11-21-18/h5-10,21H,11H2,1-4H3. The van der Waals surface area contributed by atoms with E-state index in [1.54, 1.807) is 14.2 Å². The Kier molecular flexibility index (Phi) is 5.42. The molecule has 0 spiro atoms. The highest BCUT2D eigenvalue weighted by Crippen LogP contribution is 2.42. The molecule has 0 saturated heterocycles. The summed E-state index contributed by atoms with van der Waals surface area (Å²) in [6.45, 7) is 2.59. The molecule has 1 N–H and O–H groups in total. The number of aryl methyl sites for hydroxylation is 1. The zero-order valence-corrected chi connectivity index (χ0v) is 16.0. The summed E-state index contributed by atoms with van der Waals surface area (Å²) in [4.78, 5) is 13.9. The molecule has 3 rings (SSSR count). The topological polar surface area (TPSA) is 56.8 Å². The normalized spacial score (nSPS) is 13.4. The maximum atomic E-state index is 12.5.